The molecule has 5 heteroatoms. The van der Waals surface area contributed by atoms with Crippen LogP contribution in [-0.2, 0) is 9.53 Å². The van der Waals surface area contributed by atoms with Crippen molar-refractivity contribution in [3.63, 3.8) is 0 Å². The minimum Gasteiger partial charge on any atom is -0.436 e. The lowest BCUT2D eigenvalue weighted by molar-refractivity contribution is -0.124. The third kappa shape index (κ3) is 2.78. The van der Waals surface area contributed by atoms with Crippen molar-refractivity contribution in [1.29, 1.82) is 0 Å². The summed E-state index contributed by atoms with van der Waals surface area (Å²) in [5.41, 5.74) is 4.11. The van der Waals surface area contributed by atoms with Gasteiger partial charge in [-0.05, 0) is 49.6 Å². The van der Waals surface area contributed by atoms with Crippen LogP contribution in [-0.4, -0.2) is 23.6 Å². The fraction of sp³-hybridized carbons (Fsp3) is 0.263. The number of amides is 1. The molecule has 1 atom stereocenters. The number of rotatable bonds is 3. The summed E-state index contributed by atoms with van der Waals surface area (Å²) < 4.78 is 11.3. The van der Waals surface area contributed by atoms with E-state index in [1.54, 1.807) is 0 Å². The maximum Gasteiger partial charge on any atom is 0.253 e. The molecular weight excluding hydrogens is 304 g/mol. The molecule has 1 amide bonds. The zero-order valence-electron chi connectivity index (χ0n) is 13.4. The van der Waals surface area contributed by atoms with Crippen molar-refractivity contribution in [3.8, 4) is 11.5 Å². The Kier molecular flexibility index (Phi) is 3.78. The van der Waals surface area contributed by atoms with Crippen molar-refractivity contribution in [3.05, 3.63) is 48.0 Å². The molecule has 5 nitrogen and oxygen atoms in total. The van der Waals surface area contributed by atoms with E-state index in [2.05, 4.69) is 10.3 Å². The van der Waals surface area contributed by atoms with E-state index < -0.39 is 0 Å². The summed E-state index contributed by atoms with van der Waals surface area (Å²) in [6.07, 6.45) is 1.31. The lowest BCUT2D eigenvalue weighted by Crippen LogP contribution is -2.27. The Morgan fingerprint density at radius 1 is 1.25 bits per heavy atom. The second-order valence-corrected chi connectivity index (χ2v) is 6.03. The van der Waals surface area contributed by atoms with Crippen LogP contribution < -0.4 is 5.32 Å². The van der Waals surface area contributed by atoms with E-state index in [1.807, 2.05) is 49.4 Å². The summed E-state index contributed by atoms with van der Waals surface area (Å²) in [6, 6.07) is 13.4. The Bertz CT molecular complexity index is 895. The number of fused-ring (bicyclic) bond motifs is 1. The van der Waals surface area contributed by atoms with Crippen LogP contribution in [0.3, 0.4) is 0 Å². The zero-order chi connectivity index (χ0) is 16.5. The summed E-state index contributed by atoms with van der Waals surface area (Å²) in [7, 11) is 0. The molecule has 122 valence electrons. The van der Waals surface area contributed by atoms with Crippen LogP contribution in [0.5, 0.6) is 0 Å². The predicted molar refractivity (Wildman–Crippen MR) is 91.8 cm³/mol. The number of hydrogen-bond donors (Lipinski definition) is 1. The smallest absolute Gasteiger partial charge is 0.253 e. The Labute approximate surface area is 139 Å². The molecule has 4 rings (SSSR count). The van der Waals surface area contributed by atoms with Crippen LogP contribution in [0.1, 0.15) is 18.4 Å². The average molecular weight is 322 g/mol. The van der Waals surface area contributed by atoms with E-state index in [0.29, 0.717) is 18.2 Å². The lowest BCUT2D eigenvalue weighted by atomic mass is 10.1. The van der Waals surface area contributed by atoms with Gasteiger partial charge < -0.3 is 14.5 Å². The fourth-order valence-electron chi connectivity index (χ4n) is 2.93. The molecule has 0 bridgehead atoms. The SMILES string of the molecule is Cc1ccc2oc(-c3ccccc3NC(=O)C3CCCO3)nc2c1. The summed E-state index contributed by atoms with van der Waals surface area (Å²) in [4.78, 5) is 16.9. The van der Waals surface area contributed by atoms with Crippen molar-refractivity contribution < 1.29 is 13.9 Å². The number of oxazole rings is 1. The zero-order valence-corrected chi connectivity index (χ0v) is 13.4. The molecule has 2 heterocycles. The Morgan fingerprint density at radius 2 is 2.12 bits per heavy atom. The van der Waals surface area contributed by atoms with Gasteiger partial charge in [0.15, 0.2) is 5.58 Å². The van der Waals surface area contributed by atoms with Crippen LogP contribution in [0, 0.1) is 6.92 Å². The minimum atomic E-state index is -0.371. The minimum absolute atomic E-state index is 0.119. The maximum absolute atomic E-state index is 12.3. The highest BCUT2D eigenvalue weighted by Gasteiger charge is 2.24. The van der Waals surface area contributed by atoms with Crippen LogP contribution >= 0.6 is 0 Å². The largest absolute Gasteiger partial charge is 0.436 e. The summed E-state index contributed by atoms with van der Waals surface area (Å²) in [6.45, 7) is 2.66. The van der Waals surface area contributed by atoms with E-state index in [9.17, 15) is 4.79 Å². The lowest BCUT2D eigenvalue weighted by Gasteiger charge is -2.12. The quantitative estimate of drug-likeness (QED) is 0.794. The van der Waals surface area contributed by atoms with Gasteiger partial charge in [0.25, 0.3) is 5.91 Å². The number of benzene rings is 2. The first kappa shape index (κ1) is 14.9. The fourth-order valence-corrected chi connectivity index (χ4v) is 2.93. The third-order valence-electron chi connectivity index (χ3n) is 4.18. The van der Waals surface area contributed by atoms with E-state index in [0.717, 1.165) is 35.1 Å². The first-order chi connectivity index (χ1) is 11.7. The molecule has 1 aliphatic heterocycles. The van der Waals surface area contributed by atoms with E-state index in [1.165, 1.54) is 0 Å². The normalized spacial score (nSPS) is 17.3. The van der Waals surface area contributed by atoms with Crippen molar-refractivity contribution in [2.75, 3.05) is 11.9 Å². The number of hydrogen-bond acceptors (Lipinski definition) is 4. The van der Waals surface area contributed by atoms with E-state index in [4.69, 9.17) is 9.15 Å². The first-order valence-electron chi connectivity index (χ1n) is 8.10. The molecule has 0 spiro atoms. The van der Waals surface area contributed by atoms with E-state index >= 15 is 0 Å². The molecule has 0 radical (unpaired) electrons. The summed E-state index contributed by atoms with van der Waals surface area (Å²) >= 11 is 0. The summed E-state index contributed by atoms with van der Waals surface area (Å²) in [5.74, 6) is 0.380. The monoisotopic (exact) mass is 322 g/mol. The number of nitrogens with zero attached hydrogens (tertiary/aromatic N) is 1. The van der Waals surface area contributed by atoms with Crippen molar-refractivity contribution in [1.82, 2.24) is 4.98 Å². The van der Waals surface area contributed by atoms with Gasteiger partial charge in [-0.15, -0.1) is 0 Å². The van der Waals surface area contributed by atoms with Gasteiger partial charge in [-0.3, -0.25) is 4.79 Å². The van der Waals surface area contributed by atoms with Gasteiger partial charge in [0, 0.05) is 6.61 Å². The molecule has 24 heavy (non-hydrogen) atoms. The molecular formula is C19H18N2O3. The number of nitrogens with one attached hydrogen (secondary N) is 1. The average Bonchev–Trinajstić information content (AvgIpc) is 3.24. The van der Waals surface area contributed by atoms with Gasteiger partial charge in [0.05, 0.1) is 11.3 Å². The number of aromatic nitrogens is 1. The highest BCUT2D eigenvalue weighted by Crippen LogP contribution is 2.30. The number of carbonyl (C=O) groups is 1. The molecule has 1 aliphatic rings. The van der Waals surface area contributed by atoms with Gasteiger partial charge in [-0.25, -0.2) is 4.98 Å². The molecule has 2 aromatic carbocycles. The topological polar surface area (TPSA) is 64.4 Å². The number of anilines is 1. The highest BCUT2D eigenvalue weighted by molar-refractivity contribution is 5.97. The van der Waals surface area contributed by atoms with Gasteiger partial charge in [-0.2, -0.15) is 0 Å². The van der Waals surface area contributed by atoms with Gasteiger partial charge in [0.2, 0.25) is 5.89 Å². The predicted octanol–water partition coefficient (Wildman–Crippen LogP) is 3.92. The Hall–Kier alpha value is -2.66. The van der Waals surface area contributed by atoms with Crippen LogP contribution in [0.2, 0.25) is 0 Å². The number of aryl methyl sites for hydroxylation is 1. The second kappa shape index (κ2) is 6.09. The molecule has 0 saturated carbocycles. The molecule has 1 unspecified atom stereocenters. The standard InChI is InChI=1S/C19H18N2O3/c1-12-8-9-16-15(11-12)21-19(24-16)13-5-2-3-6-14(13)20-18(22)17-7-4-10-23-17/h2-3,5-6,8-9,11,17H,4,7,10H2,1H3,(H,20,22). The van der Waals surface area contributed by atoms with Crippen molar-refractivity contribution in [2.24, 2.45) is 0 Å². The highest BCUT2D eigenvalue weighted by atomic mass is 16.5. The molecule has 1 N–H and O–H groups in total. The molecule has 1 aromatic heterocycles. The van der Waals surface area contributed by atoms with Crippen LogP contribution in [0.25, 0.3) is 22.6 Å². The summed E-state index contributed by atoms with van der Waals surface area (Å²) in [5, 5.41) is 2.94. The maximum atomic E-state index is 12.3. The van der Waals surface area contributed by atoms with Crippen LogP contribution in [0.15, 0.2) is 46.9 Å². The van der Waals surface area contributed by atoms with E-state index in [-0.39, 0.29) is 12.0 Å². The van der Waals surface area contributed by atoms with Gasteiger partial charge in [0.1, 0.15) is 11.6 Å². The van der Waals surface area contributed by atoms with Crippen molar-refractivity contribution >= 4 is 22.7 Å². The number of ether oxygens (including phenoxy) is 1. The number of carbonyl (C=O) groups excluding carboxylic acids is 1. The number of para-hydroxylation sites is 1. The molecule has 3 aromatic rings. The Balaban J connectivity index is 1.68. The van der Waals surface area contributed by atoms with Crippen molar-refractivity contribution in [2.45, 2.75) is 25.9 Å². The first-order valence-corrected chi connectivity index (χ1v) is 8.10. The van der Waals surface area contributed by atoms with Gasteiger partial charge in [-0.1, -0.05) is 18.2 Å². The molecule has 1 fully saturated rings. The Morgan fingerprint density at radius 3 is 2.96 bits per heavy atom. The molecule has 1 saturated heterocycles. The van der Waals surface area contributed by atoms with Crippen LogP contribution in [0.4, 0.5) is 5.69 Å². The molecule has 0 aliphatic carbocycles. The third-order valence-corrected chi connectivity index (χ3v) is 4.18. The second-order valence-electron chi connectivity index (χ2n) is 6.03. The van der Waals surface area contributed by atoms with Gasteiger partial charge >= 0.3 is 0 Å².